The zero-order valence-corrected chi connectivity index (χ0v) is 5.17. The quantitative estimate of drug-likeness (QED) is 0.421. The highest BCUT2D eigenvalue weighted by molar-refractivity contribution is 4.91. The van der Waals surface area contributed by atoms with Crippen LogP contribution < -0.4 is 0 Å². The Morgan fingerprint density at radius 2 is 1.89 bits per heavy atom. The van der Waals surface area contributed by atoms with Crippen molar-refractivity contribution in [3.05, 3.63) is 12.2 Å². The summed E-state index contributed by atoms with van der Waals surface area (Å²) in [7, 11) is 0. The van der Waals surface area contributed by atoms with E-state index in [1.54, 1.807) is 6.08 Å². The Morgan fingerprint density at radius 1 is 1.11 bits per heavy atom. The van der Waals surface area contributed by atoms with Gasteiger partial charge in [-0.3, -0.25) is 0 Å². The SMILES string of the molecule is N#CCC=CCCC#N. The molecule has 0 spiro atoms. The Labute approximate surface area is 55.0 Å². The first-order valence-electron chi connectivity index (χ1n) is 2.80. The lowest BCUT2D eigenvalue weighted by Crippen LogP contribution is -1.63. The van der Waals surface area contributed by atoms with Crippen LogP contribution in [0, 0.1) is 22.7 Å². The lowest BCUT2D eigenvalue weighted by atomic mass is 10.3. The molecule has 0 saturated carbocycles. The van der Waals surface area contributed by atoms with Gasteiger partial charge in [0.2, 0.25) is 0 Å². The number of nitriles is 2. The summed E-state index contributed by atoms with van der Waals surface area (Å²) in [6.45, 7) is 0. The van der Waals surface area contributed by atoms with Crippen molar-refractivity contribution < 1.29 is 0 Å². The molecule has 0 aliphatic heterocycles. The van der Waals surface area contributed by atoms with Crippen LogP contribution in [-0.2, 0) is 0 Å². The molecule has 0 fully saturated rings. The second-order valence-electron chi connectivity index (χ2n) is 1.53. The highest BCUT2D eigenvalue weighted by Gasteiger charge is 1.75. The Morgan fingerprint density at radius 3 is 2.44 bits per heavy atom. The zero-order valence-electron chi connectivity index (χ0n) is 5.17. The highest BCUT2D eigenvalue weighted by atomic mass is 14.2. The predicted molar refractivity (Wildman–Crippen MR) is 34.2 cm³/mol. The van der Waals surface area contributed by atoms with Gasteiger partial charge in [-0.1, -0.05) is 12.2 Å². The van der Waals surface area contributed by atoms with E-state index in [1.807, 2.05) is 18.2 Å². The zero-order chi connectivity index (χ0) is 6.95. The molecule has 0 N–H and O–H groups in total. The Kier molecular flexibility index (Phi) is 5.76. The van der Waals surface area contributed by atoms with Gasteiger partial charge in [0.1, 0.15) is 0 Å². The number of hydrogen-bond acceptors (Lipinski definition) is 2. The van der Waals surface area contributed by atoms with Crippen LogP contribution in [0.25, 0.3) is 0 Å². The van der Waals surface area contributed by atoms with E-state index in [9.17, 15) is 0 Å². The molecule has 9 heavy (non-hydrogen) atoms. The first-order chi connectivity index (χ1) is 4.41. The van der Waals surface area contributed by atoms with Gasteiger partial charge in [-0.15, -0.1) is 0 Å². The molecule has 0 aromatic heterocycles. The molecule has 0 unspecified atom stereocenters. The molecule has 0 radical (unpaired) electrons. The van der Waals surface area contributed by atoms with Gasteiger partial charge in [-0.05, 0) is 6.42 Å². The molecule has 0 atom stereocenters. The first-order valence-corrected chi connectivity index (χ1v) is 2.80. The Balaban J connectivity index is 3.09. The molecule has 2 nitrogen and oxygen atoms in total. The molecular weight excluding hydrogens is 112 g/mol. The normalized spacial score (nSPS) is 8.67. The maximum atomic E-state index is 8.07. The molecule has 0 aliphatic rings. The summed E-state index contributed by atoms with van der Waals surface area (Å²) >= 11 is 0. The summed E-state index contributed by atoms with van der Waals surface area (Å²) in [5, 5.41) is 16.1. The topological polar surface area (TPSA) is 47.6 Å². The second-order valence-corrected chi connectivity index (χ2v) is 1.53. The number of nitrogens with zero attached hydrogens (tertiary/aromatic N) is 2. The average Bonchev–Trinajstić information content (AvgIpc) is 1.89. The summed E-state index contributed by atoms with van der Waals surface area (Å²) in [4.78, 5) is 0. The average molecular weight is 120 g/mol. The minimum atomic E-state index is 0.450. The number of unbranched alkanes of at least 4 members (excludes halogenated alkanes) is 1. The van der Waals surface area contributed by atoms with Gasteiger partial charge >= 0.3 is 0 Å². The van der Waals surface area contributed by atoms with Gasteiger partial charge in [-0.2, -0.15) is 10.5 Å². The molecule has 0 rings (SSSR count). The standard InChI is InChI=1S/C7H8N2/c8-6-4-2-1-3-5-7-9/h1-2H,3-5H2. The molecule has 0 heterocycles. The summed E-state index contributed by atoms with van der Waals surface area (Å²) in [6, 6.07) is 3.99. The van der Waals surface area contributed by atoms with Crippen LogP contribution in [0.4, 0.5) is 0 Å². The van der Waals surface area contributed by atoms with E-state index in [4.69, 9.17) is 10.5 Å². The smallest absolute Gasteiger partial charge is 0.0663 e. The first kappa shape index (κ1) is 7.72. The van der Waals surface area contributed by atoms with Crippen LogP contribution in [0.15, 0.2) is 12.2 Å². The number of allylic oxidation sites excluding steroid dienone is 2. The van der Waals surface area contributed by atoms with Crippen molar-refractivity contribution in [1.82, 2.24) is 0 Å². The van der Waals surface area contributed by atoms with Crippen molar-refractivity contribution in [2.24, 2.45) is 0 Å². The fraction of sp³-hybridized carbons (Fsp3) is 0.429. The van der Waals surface area contributed by atoms with Gasteiger partial charge in [0.25, 0.3) is 0 Å². The van der Waals surface area contributed by atoms with E-state index in [-0.39, 0.29) is 0 Å². The van der Waals surface area contributed by atoms with Crippen molar-refractivity contribution in [2.45, 2.75) is 19.3 Å². The van der Waals surface area contributed by atoms with Crippen LogP contribution in [0.2, 0.25) is 0 Å². The number of hydrogen-bond donors (Lipinski definition) is 0. The van der Waals surface area contributed by atoms with Gasteiger partial charge < -0.3 is 0 Å². The van der Waals surface area contributed by atoms with Crippen LogP contribution in [0.1, 0.15) is 19.3 Å². The summed E-state index contributed by atoms with van der Waals surface area (Å²) in [5.74, 6) is 0. The maximum absolute atomic E-state index is 8.07. The third-order valence-corrected chi connectivity index (χ3v) is 0.799. The molecule has 0 saturated heterocycles. The van der Waals surface area contributed by atoms with E-state index in [0.717, 1.165) is 6.42 Å². The summed E-state index contributed by atoms with van der Waals surface area (Å²) < 4.78 is 0. The second kappa shape index (κ2) is 6.72. The van der Waals surface area contributed by atoms with Crippen LogP contribution in [0.3, 0.4) is 0 Å². The molecule has 0 aromatic carbocycles. The Hall–Kier alpha value is -1.28. The van der Waals surface area contributed by atoms with E-state index in [1.165, 1.54) is 0 Å². The maximum Gasteiger partial charge on any atom is 0.0663 e. The van der Waals surface area contributed by atoms with Crippen LogP contribution in [-0.4, -0.2) is 0 Å². The lowest BCUT2D eigenvalue weighted by molar-refractivity contribution is 1.05. The van der Waals surface area contributed by atoms with Crippen molar-refractivity contribution in [3.63, 3.8) is 0 Å². The van der Waals surface area contributed by atoms with E-state index in [0.29, 0.717) is 12.8 Å². The van der Waals surface area contributed by atoms with Crippen LogP contribution in [0.5, 0.6) is 0 Å². The molecule has 0 amide bonds. The van der Waals surface area contributed by atoms with Crippen molar-refractivity contribution in [2.75, 3.05) is 0 Å². The minimum Gasteiger partial charge on any atom is -0.198 e. The third-order valence-electron chi connectivity index (χ3n) is 0.799. The van der Waals surface area contributed by atoms with Gasteiger partial charge in [0, 0.05) is 6.42 Å². The van der Waals surface area contributed by atoms with E-state index < -0.39 is 0 Å². The molecule has 0 aliphatic carbocycles. The Bertz CT molecular complexity index is 157. The van der Waals surface area contributed by atoms with Crippen molar-refractivity contribution >= 4 is 0 Å². The largest absolute Gasteiger partial charge is 0.198 e. The van der Waals surface area contributed by atoms with Gasteiger partial charge in [0.15, 0.2) is 0 Å². The predicted octanol–water partition coefficient (Wildman–Crippen LogP) is 1.76. The minimum absolute atomic E-state index is 0.450. The van der Waals surface area contributed by atoms with E-state index in [2.05, 4.69) is 0 Å². The summed E-state index contributed by atoms with van der Waals surface area (Å²) in [5.41, 5.74) is 0. The van der Waals surface area contributed by atoms with Gasteiger partial charge in [0.05, 0.1) is 18.6 Å². The molecule has 46 valence electrons. The molecular formula is C7H8N2. The lowest BCUT2D eigenvalue weighted by Gasteiger charge is -1.77. The molecule has 0 bridgehead atoms. The van der Waals surface area contributed by atoms with Crippen LogP contribution >= 0.6 is 0 Å². The summed E-state index contributed by atoms with van der Waals surface area (Å²) in [6.07, 6.45) is 5.38. The fourth-order valence-corrected chi connectivity index (χ4v) is 0.402. The monoisotopic (exact) mass is 120 g/mol. The van der Waals surface area contributed by atoms with Crippen molar-refractivity contribution in [1.29, 1.82) is 10.5 Å². The molecule has 2 heteroatoms. The number of rotatable bonds is 3. The van der Waals surface area contributed by atoms with Gasteiger partial charge in [-0.25, -0.2) is 0 Å². The van der Waals surface area contributed by atoms with E-state index >= 15 is 0 Å². The third kappa shape index (κ3) is 6.72. The highest BCUT2D eigenvalue weighted by Crippen LogP contribution is 1.89. The molecule has 0 aromatic rings. The van der Waals surface area contributed by atoms with Crippen molar-refractivity contribution in [3.8, 4) is 12.1 Å². The fourth-order valence-electron chi connectivity index (χ4n) is 0.402.